The zero-order valence-electron chi connectivity index (χ0n) is 9.76. The van der Waals surface area contributed by atoms with E-state index in [9.17, 15) is 18.0 Å². The van der Waals surface area contributed by atoms with E-state index in [2.05, 4.69) is 15.9 Å². The van der Waals surface area contributed by atoms with Crippen LogP contribution in [0.15, 0.2) is 34.5 Å². The van der Waals surface area contributed by atoms with E-state index < -0.39 is 17.5 Å². The van der Waals surface area contributed by atoms with E-state index in [-0.39, 0.29) is 15.6 Å². The lowest BCUT2D eigenvalue weighted by Crippen LogP contribution is -2.16. The Morgan fingerprint density at radius 3 is 2.63 bits per heavy atom. The lowest BCUT2D eigenvalue weighted by molar-refractivity contribution is -0.137. The molecule has 0 aliphatic carbocycles. The molecule has 0 amide bonds. The van der Waals surface area contributed by atoms with Crippen molar-refractivity contribution in [1.29, 1.82) is 0 Å². The fourth-order valence-electron chi connectivity index (χ4n) is 1.85. The summed E-state index contributed by atoms with van der Waals surface area (Å²) in [7, 11) is 0. The molecule has 0 spiro atoms. The van der Waals surface area contributed by atoms with Crippen LogP contribution in [0, 0.1) is 0 Å². The summed E-state index contributed by atoms with van der Waals surface area (Å²) in [5, 5.41) is 0. The molecule has 0 unspecified atom stereocenters. The summed E-state index contributed by atoms with van der Waals surface area (Å²) in [6.45, 7) is 0.489. The highest BCUT2D eigenvalue weighted by Crippen LogP contribution is 2.35. The van der Waals surface area contributed by atoms with Crippen LogP contribution in [0.4, 0.5) is 13.2 Å². The minimum atomic E-state index is -4.56. The SMILES string of the molecule is O=C(C1=COCCC1)c1ccc(Br)cc1C(F)(F)F. The highest BCUT2D eigenvalue weighted by Gasteiger charge is 2.36. The van der Waals surface area contributed by atoms with Crippen LogP contribution in [0.1, 0.15) is 28.8 Å². The number of hydrogen-bond donors (Lipinski definition) is 0. The van der Waals surface area contributed by atoms with Gasteiger partial charge in [-0.1, -0.05) is 15.9 Å². The number of halogens is 4. The number of allylic oxidation sites excluding steroid dienone is 1. The third-order valence-electron chi connectivity index (χ3n) is 2.76. The summed E-state index contributed by atoms with van der Waals surface area (Å²) in [5.41, 5.74) is -0.995. The number of ether oxygens (including phenoxy) is 1. The molecule has 2 rings (SSSR count). The predicted molar refractivity (Wildman–Crippen MR) is 66.7 cm³/mol. The molecule has 0 N–H and O–H groups in total. The van der Waals surface area contributed by atoms with Crippen LogP contribution in [-0.2, 0) is 10.9 Å². The monoisotopic (exact) mass is 334 g/mol. The zero-order chi connectivity index (χ0) is 14.0. The normalized spacial score (nSPS) is 15.7. The average Bonchev–Trinajstić information content (AvgIpc) is 2.38. The number of hydrogen-bond acceptors (Lipinski definition) is 2. The van der Waals surface area contributed by atoms with E-state index in [0.29, 0.717) is 19.4 Å². The highest BCUT2D eigenvalue weighted by molar-refractivity contribution is 9.10. The smallest absolute Gasteiger partial charge is 0.417 e. The number of benzene rings is 1. The number of rotatable bonds is 2. The number of carbonyl (C=O) groups is 1. The summed E-state index contributed by atoms with van der Waals surface area (Å²) in [6, 6.07) is 3.52. The third-order valence-corrected chi connectivity index (χ3v) is 3.25. The van der Waals surface area contributed by atoms with Gasteiger partial charge in [0.05, 0.1) is 18.4 Å². The van der Waals surface area contributed by atoms with Crippen LogP contribution < -0.4 is 0 Å². The van der Waals surface area contributed by atoms with Gasteiger partial charge in [-0.15, -0.1) is 0 Å². The molecule has 102 valence electrons. The number of carbonyl (C=O) groups excluding carboxylic acids is 1. The van der Waals surface area contributed by atoms with Gasteiger partial charge in [0.1, 0.15) is 0 Å². The zero-order valence-corrected chi connectivity index (χ0v) is 11.3. The molecule has 0 bridgehead atoms. The molecule has 0 fully saturated rings. The van der Waals surface area contributed by atoms with Gasteiger partial charge in [-0.2, -0.15) is 13.2 Å². The molecule has 2 nitrogen and oxygen atoms in total. The first-order valence-electron chi connectivity index (χ1n) is 5.61. The second-order valence-corrected chi connectivity index (χ2v) is 5.05. The highest BCUT2D eigenvalue weighted by atomic mass is 79.9. The van der Waals surface area contributed by atoms with E-state index in [1.807, 2.05) is 0 Å². The fourth-order valence-corrected chi connectivity index (χ4v) is 2.21. The molecule has 1 aromatic rings. The van der Waals surface area contributed by atoms with E-state index in [4.69, 9.17) is 4.74 Å². The van der Waals surface area contributed by atoms with Gasteiger partial charge < -0.3 is 4.74 Å². The molecular weight excluding hydrogens is 325 g/mol. The Morgan fingerprint density at radius 2 is 2.05 bits per heavy atom. The first kappa shape index (κ1) is 14.1. The Labute approximate surface area is 116 Å². The summed E-state index contributed by atoms with van der Waals surface area (Å²) in [4.78, 5) is 12.1. The fraction of sp³-hybridized carbons (Fsp3) is 0.308. The Morgan fingerprint density at radius 1 is 1.32 bits per heavy atom. The van der Waals surface area contributed by atoms with E-state index >= 15 is 0 Å². The van der Waals surface area contributed by atoms with Crippen molar-refractivity contribution in [1.82, 2.24) is 0 Å². The first-order chi connectivity index (χ1) is 8.89. The minimum Gasteiger partial charge on any atom is -0.501 e. The lowest BCUT2D eigenvalue weighted by Gasteiger charge is -2.16. The average molecular weight is 335 g/mol. The van der Waals surface area contributed by atoms with E-state index in [1.54, 1.807) is 0 Å². The van der Waals surface area contributed by atoms with Crippen LogP contribution in [0.5, 0.6) is 0 Å². The van der Waals surface area contributed by atoms with Gasteiger partial charge in [-0.3, -0.25) is 4.79 Å². The molecule has 0 saturated carbocycles. The van der Waals surface area contributed by atoms with Gasteiger partial charge in [0.2, 0.25) is 0 Å². The second kappa shape index (κ2) is 5.36. The Balaban J connectivity index is 2.44. The van der Waals surface area contributed by atoms with Crippen LogP contribution in [0.2, 0.25) is 0 Å². The second-order valence-electron chi connectivity index (χ2n) is 4.13. The largest absolute Gasteiger partial charge is 0.501 e. The maximum absolute atomic E-state index is 12.9. The maximum atomic E-state index is 12.9. The van der Waals surface area contributed by atoms with Gasteiger partial charge in [0.25, 0.3) is 0 Å². The topological polar surface area (TPSA) is 26.3 Å². The van der Waals surface area contributed by atoms with Crippen molar-refractivity contribution >= 4 is 21.7 Å². The van der Waals surface area contributed by atoms with E-state index in [0.717, 1.165) is 6.07 Å². The predicted octanol–water partition coefficient (Wildman–Crippen LogP) is 4.34. The van der Waals surface area contributed by atoms with Gasteiger partial charge in [0.15, 0.2) is 5.78 Å². The molecule has 0 saturated heterocycles. The summed E-state index contributed by atoms with van der Waals surface area (Å²) < 4.78 is 44.1. The van der Waals surface area contributed by atoms with Gasteiger partial charge in [-0.25, -0.2) is 0 Å². The maximum Gasteiger partial charge on any atom is 0.417 e. The molecule has 1 aromatic carbocycles. The quantitative estimate of drug-likeness (QED) is 0.752. The summed E-state index contributed by atoms with van der Waals surface area (Å²) in [5.74, 6) is -0.625. The van der Waals surface area contributed by atoms with Crippen molar-refractivity contribution in [3.63, 3.8) is 0 Å². The van der Waals surface area contributed by atoms with E-state index in [1.165, 1.54) is 18.4 Å². The molecule has 1 heterocycles. The Bertz CT molecular complexity index is 535. The van der Waals surface area contributed by atoms with Crippen molar-refractivity contribution in [2.75, 3.05) is 6.61 Å². The molecular formula is C13H10BrF3O2. The van der Waals surface area contributed by atoms with Gasteiger partial charge in [-0.05, 0) is 31.0 Å². The van der Waals surface area contributed by atoms with Crippen LogP contribution in [-0.4, -0.2) is 12.4 Å². The first-order valence-corrected chi connectivity index (χ1v) is 6.41. The summed E-state index contributed by atoms with van der Waals surface area (Å²) >= 11 is 2.98. The molecule has 0 radical (unpaired) electrons. The van der Waals surface area contributed by atoms with Crippen molar-refractivity contribution in [3.05, 3.63) is 45.6 Å². The third kappa shape index (κ3) is 3.18. The van der Waals surface area contributed by atoms with Crippen molar-refractivity contribution in [3.8, 4) is 0 Å². The molecule has 1 aliphatic rings. The standard InChI is InChI=1S/C13H10BrF3O2/c14-9-3-4-10(11(6-9)13(15,16)17)12(18)8-2-1-5-19-7-8/h3-4,6-7H,1-2,5H2. The Hall–Kier alpha value is -1.30. The number of ketones is 1. The van der Waals surface area contributed by atoms with Gasteiger partial charge in [0, 0.05) is 15.6 Å². The molecule has 19 heavy (non-hydrogen) atoms. The van der Waals surface area contributed by atoms with Crippen molar-refractivity contribution < 1.29 is 22.7 Å². The van der Waals surface area contributed by atoms with Gasteiger partial charge >= 0.3 is 6.18 Å². The summed E-state index contributed by atoms with van der Waals surface area (Å²) in [6.07, 6.45) is -2.24. The molecule has 0 aromatic heterocycles. The molecule has 1 aliphatic heterocycles. The molecule has 0 atom stereocenters. The Kier molecular flexibility index (Phi) is 3.99. The molecule has 6 heteroatoms. The van der Waals surface area contributed by atoms with Crippen LogP contribution in [0.3, 0.4) is 0 Å². The number of Topliss-reactive ketones (excluding diaryl/α,β-unsaturated/α-hetero) is 1. The van der Waals surface area contributed by atoms with Crippen LogP contribution >= 0.6 is 15.9 Å². The number of alkyl halides is 3. The van der Waals surface area contributed by atoms with Crippen molar-refractivity contribution in [2.24, 2.45) is 0 Å². The van der Waals surface area contributed by atoms with Crippen LogP contribution in [0.25, 0.3) is 0 Å². The minimum absolute atomic E-state index is 0.277. The van der Waals surface area contributed by atoms with Crippen molar-refractivity contribution in [2.45, 2.75) is 19.0 Å². The lowest BCUT2D eigenvalue weighted by atomic mass is 9.95.